The lowest BCUT2D eigenvalue weighted by Gasteiger charge is -2.12. The fourth-order valence-electron chi connectivity index (χ4n) is 3.17. The highest BCUT2D eigenvalue weighted by molar-refractivity contribution is 6.30. The minimum absolute atomic E-state index is 0.171. The van der Waals surface area contributed by atoms with Crippen LogP contribution in [0.1, 0.15) is 21.7 Å². The van der Waals surface area contributed by atoms with E-state index in [2.05, 4.69) is 10.3 Å². The molecule has 0 aliphatic carbocycles. The molecule has 0 spiro atoms. The van der Waals surface area contributed by atoms with Crippen LogP contribution < -0.4 is 10.9 Å². The third kappa shape index (κ3) is 4.22. The molecule has 30 heavy (non-hydrogen) atoms. The minimum Gasteiger partial charge on any atom is -0.322 e. The van der Waals surface area contributed by atoms with Gasteiger partial charge in [-0.05, 0) is 67.1 Å². The predicted molar refractivity (Wildman–Crippen MR) is 121 cm³/mol. The van der Waals surface area contributed by atoms with Gasteiger partial charge < -0.3 is 5.32 Å². The number of carbonyl (C=O) groups is 1. The van der Waals surface area contributed by atoms with Crippen molar-refractivity contribution < 1.29 is 4.79 Å². The van der Waals surface area contributed by atoms with E-state index in [4.69, 9.17) is 23.2 Å². The summed E-state index contributed by atoms with van der Waals surface area (Å²) < 4.78 is 1.61. The van der Waals surface area contributed by atoms with Crippen molar-refractivity contribution in [3.05, 3.63) is 104 Å². The SMILES string of the molecule is Cc1nc2ccc(NC(=O)c3ccc(Cl)cc3)cc2c(=O)n1Cc1ccc(Cl)cc1. The number of aryl methyl sites for hydroxylation is 1. The zero-order valence-corrected chi connectivity index (χ0v) is 17.5. The number of rotatable bonds is 4. The summed E-state index contributed by atoms with van der Waals surface area (Å²) in [4.78, 5) is 30.2. The number of fused-ring (bicyclic) bond motifs is 1. The lowest BCUT2D eigenvalue weighted by atomic mass is 10.1. The van der Waals surface area contributed by atoms with E-state index < -0.39 is 0 Å². The molecule has 4 rings (SSSR count). The van der Waals surface area contributed by atoms with Gasteiger partial charge in [-0.3, -0.25) is 14.2 Å². The van der Waals surface area contributed by atoms with E-state index in [0.29, 0.717) is 44.6 Å². The molecule has 3 aromatic carbocycles. The summed E-state index contributed by atoms with van der Waals surface area (Å²) in [6.45, 7) is 2.18. The number of hydrogen-bond acceptors (Lipinski definition) is 3. The first-order chi connectivity index (χ1) is 14.4. The van der Waals surface area contributed by atoms with Crippen molar-refractivity contribution in [1.29, 1.82) is 0 Å². The lowest BCUT2D eigenvalue weighted by molar-refractivity contribution is 0.102. The molecule has 1 aromatic heterocycles. The van der Waals surface area contributed by atoms with Gasteiger partial charge in [0.15, 0.2) is 0 Å². The van der Waals surface area contributed by atoms with Crippen molar-refractivity contribution in [2.45, 2.75) is 13.5 Å². The maximum atomic E-state index is 13.1. The molecule has 0 fully saturated rings. The Labute approximate surface area is 182 Å². The average Bonchev–Trinajstić information content (AvgIpc) is 2.73. The Kier molecular flexibility index (Phi) is 5.57. The molecular weight excluding hydrogens is 421 g/mol. The van der Waals surface area contributed by atoms with Crippen molar-refractivity contribution in [2.75, 3.05) is 5.32 Å². The molecule has 0 saturated carbocycles. The van der Waals surface area contributed by atoms with E-state index in [1.165, 1.54) is 0 Å². The standard InChI is InChI=1S/C23H17Cl2N3O2/c1-14-26-21-11-10-19(27-22(29)16-4-8-18(25)9-5-16)12-20(21)23(30)28(14)13-15-2-6-17(24)7-3-15/h2-12H,13H2,1H3,(H,27,29). The molecule has 5 nitrogen and oxygen atoms in total. The van der Waals surface area contributed by atoms with Gasteiger partial charge in [-0.15, -0.1) is 0 Å². The number of aromatic nitrogens is 2. The second kappa shape index (κ2) is 8.30. The first-order valence-corrected chi connectivity index (χ1v) is 9.99. The van der Waals surface area contributed by atoms with Gasteiger partial charge in [-0.1, -0.05) is 35.3 Å². The highest BCUT2D eigenvalue weighted by atomic mass is 35.5. The topological polar surface area (TPSA) is 64.0 Å². The number of benzene rings is 3. The summed E-state index contributed by atoms with van der Waals surface area (Å²) >= 11 is 11.8. The molecule has 0 saturated heterocycles. The molecule has 4 aromatic rings. The van der Waals surface area contributed by atoms with Crippen LogP contribution in [0.2, 0.25) is 10.0 Å². The Morgan fingerprint density at radius 1 is 0.967 bits per heavy atom. The molecule has 7 heteroatoms. The van der Waals surface area contributed by atoms with E-state index in [9.17, 15) is 9.59 Å². The van der Waals surface area contributed by atoms with Crippen LogP contribution in [0.15, 0.2) is 71.5 Å². The Hall–Kier alpha value is -3.15. The van der Waals surface area contributed by atoms with E-state index >= 15 is 0 Å². The molecule has 1 amide bonds. The molecule has 0 radical (unpaired) electrons. The Balaban J connectivity index is 1.67. The minimum atomic E-state index is -0.285. The zero-order valence-electron chi connectivity index (χ0n) is 16.0. The maximum Gasteiger partial charge on any atom is 0.261 e. The third-order valence-corrected chi connectivity index (χ3v) is 5.27. The van der Waals surface area contributed by atoms with E-state index in [0.717, 1.165) is 5.56 Å². The highest BCUT2D eigenvalue weighted by Crippen LogP contribution is 2.18. The third-order valence-electron chi connectivity index (χ3n) is 4.76. The Bertz CT molecular complexity index is 1300. The van der Waals surface area contributed by atoms with Crippen LogP contribution in [0, 0.1) is 6.92 Å². The number of carbonyl (C=O) groups excluding carboxylic acids is 1. The average molecular weight is 438 g/mol. The highest BCUT2D eigenvalue weighted by Gasteiger charge is 2.12. The molecular formula is C23H17Cl2N3O2. The van der Waals surface area contributed by atoms with Crippen molar-refractivity contribution in [2.24, 2.45) is 0 Å². The van der Waals surface area contributed by atoms with Gasteiger partial charge >= 0.3 is 0 Å². The largest absolute Gasteiger partial charge is 0.322 e. The summed E-state index contributed by atoms with van der Waals surface area (Å²) in [6, 6.07) is 19.0. The summed E-state index contributed by atoms with van der Waals surface area (Å²) in [5, 5.41) is 4.44. The first kappa shape index (κ1) is 20.1. The predicted octanol–water partition coefficient (Wildman–Crippen LogP) is 5.31. The monoisotopic (exact) mass is 437 g/mol. The fourth-order valence-corrected chi connectivity index (χ4v) is 3.42. The zero-order chi connectivity index (χ0) is 21.3. The van der Waals surface area contributed by atoms with Gasteiger partial charge in [0.2, 0.25) is 0 Å². The number of anilines is 1. The number of amides is 1. The van der Waals surface area contributed by atoms with Crippen LogP contribution in [0.25, 0.3) is 10.9 Å². The van der Waals surface area contributed by atoms with E-state index in [1.54, 1.807) is 66.1 Å². The van der Waals surface area contributed by atoms with Crippen LogP contribution in [0.3, 0.4) is 0 Å². The molecule has 0 aliphatic heterocycles. The molecule has 0 atom stereocenters. The van der Waals surface area contributed by atoms with Crippen molar-refractivity contribution in [3.8, 4) is 0 Å². The maximum absolute atomic E-state index is 13.1. The van der Waals surface area contributed by atoms with Crippen molar-refractivity contribution in [3.63, 3.8) is 0 Å². The van der Waals surface area contributed by atoms with Crippen molar-refractivity contribution in [1.82, 2.24) is 9.55 Å². The normalized spacial score (nSPS) is 10.9. The number of hydrogen-bond donors (Lipinski definition) is 1. The summed E-state index contributed by atoms with van der Waals surface area (Å²) in [6.07, 6.45) is 0. The molecule has 150 valence electrons. The van der Waals surface area contributed by atoms with Gasteiger partial charge in [0.05, 0.1) is 17.4 Å². The van der Waals surface area contributed by atoms with Crippen molar-refractivity contribution >= 4 is 45.7 Å². The summed E-state index contributed by atoms with van der Waals surface area (Å²) in [7, 11) is 0. The number of halogens is 2. The summed E-state index contributed by atoms with van der Waals surface area (Å²) in [5.41, 5.74) is 2.34. The molecule has 0 aliphatic rings. The molecule has 0 unspecified atom stereocenters. The second-order valence-electron chi connectivity index (χ2n) is 6.87. The quantitative estimate of drug-likeness (QED) is 0.470. The van der Waals surface area contributed by atoms with Crippen LogP contribution in [-0.4, -0.2) is 15.5 Å². The van der Waals surface area contributed by atoms with Gasteiger partial charge in [0.1, 0.15) is 5.82 Å². The van der Waals surface area contributed by atoms with E-state index in [1.807, 2.05) is 12.1 Å². The van der Waals surface area contributed by atoms with E-state index in [-0.39, 0.29) is 11.5 Å². The molecule has 0 bridgehead atoms. The Morgan fingerprint density at radius 3 is 2.27 bits per heavy atom. The Morgan fingerprint density at radius 2 is 1.60 bits per heavy atom. The van der Waals surface area contributed by atoms with Gasteiger partial charge in [0, 0.05) is 21.3 Å². The molecule has 1 N–H and O–H groups in total. The lowest BCUT2D eigenvalue weighted by Crippen LogP contribution is -2.24. The fraction of sp³-hybridized carbons (Fsp3) is 0.0870. The van der Waals surface area contributed by atoms with Gasteiger partial charge in [0.25, 0.3) is 11.5 Å². The first-order valence-electron chi connectivity index (χ1n) is 9.23. The number of nitrogens with zero attached hydrogens (tertiary/aromatic N) is 2. The van der Waals surface area contributed by atoms with Crippen LogP contribution in [0.4, 0.5) is 5.69 Å². The molecule has 1 heterocycles. The van der Waals surface area contributed by atoms with Crippen LogP contribution >= 0.6 is 23.2 Å². The van der Waals surface area contributed by atoms with Gasteiger partial charge in [-0.25, -0.2) is 4.98 Å². The van der Waals surface area contributed by atoms with Crippen LogP contribution in [-0.2, 0) is 6.54 Å². The second-order valence-corrected chi connectivity index (χ2v) is 7.74. The van der Waals surface area contributed by atoms with Gasteiger partial charge in [-0.2, -0.15) is 0 Å². The van der Waals surface area contributed by atoms with Crippen LogP contribution in [0.5, 0.6) is 0 Å². The smallest absolute Gasteiger partial charge is 0.261 e. The summed E-state index contributed by atoms with van der Waals surface area (Å²) in [5.74, 6) is 0.327. The number of nitrogens with one attached hydrogen (secondary N) is 1.